The number of pyridine rings is 1. The van der Waals surface area contributed by atoms with Gasteiger partial charge < -0.3 is 5.73 Å². The van der Waals surface area contributed by atoms with E-state index in [4.69, 9.17) is 11.1 Å². The summed E-state index contributed by atoms with van der Waals surface area (Å²) < 4.78 is 0. The smallest absolute Gasteiger partial charge is 0.0685 e. The number of hydrogen-bond donors (Lipinski definition) is 2. The van der Waals surface area contributed by atoms with Crippen LogP contribution in [0.2, 0.25) is 0 Å². The average Bonchev–Trinajstić information content (AvgIpc) is 3.52. The molecule has 0 saturated heterocycles. The van der Waals surface area contributed by atoms with Crippen LogP contribution in [0.15, 0.2) is 151 Å². The third-order valence-electron chi connectivity index (χ3n) is 11.4. The molecule has 3 nitrogen and oxygen atoms in total. The first-order chi connectivity index (χ1) is 24.9. The zero-order valence-corrected chi connectivity index (χ0v) is 30.7. The molecule has 0 fully saturated rings. The van der Waals surface area contributed by atoms with Gasteiger partial charge in [0.25, 0.3) is 0 Å². The van der Waals surface area contributed by atoms with Gasteiger partial charge in [-0.15, -0.1) is 0 Å². The van der Waals surface area contributed by atoms with Crippen molar-refractivity contribution in [2.75, 3.05) is 5.73 Å². The number of nitrogens with one attached hydrogen (secondary N) is 1. The Labute approximate surface area is 308 Å². The Bertz CT molecular complexity index is 2410. The summed E-state index contributed by atoms with van der Waals surface area (Å²) in [4.78, 5) is 4.05. The zero-order valence-electron chi connectivity index (χ0n) is 30.7. The Kier molecular flexibility index (Phi) is 7.99. The molecule has 1 atom stereocenters. The van der Waals surface area contributed by atoms with Gasteiger partial charge >= 0.3 is 0 Å². The maximum Gasteiger partial charge on any atom is 0.0685 e. The molecule has 4 aromatic carbocycles. The van der Waals surface area contributed by atoms with Gasteiger partial charge in [0.2, 0.25) is 0 Å². The van der Waals surface area contributed by atoms with E-state index in [1.807, 2.05) is 42.6 Å². The summed E-state index contributed by atoms with van der Waals surface area (Å²) in [6.45, 7) is 15.9. The lowest BCUT2D eigenvalue weighted by molar-refractivity contribution is 0.633. The first kappa shape index (κ1) is 33.3. The molecular formula is C49H45N3. The Balaban J connectivity index is 0.000000250. The number of nitrogens with zero attached hydrogens (tertiary/aromatic N) is 1. The van der Waals surface area contributed by atoms with Gasteiger partial charge in [-0.05, 0) is 133 Å². The molecular weight excluding hydrogens is 631 g/mol. The van der Waals surface area contributed by atoms with Gasteiger partial charge in [0, 0.05) is 34.5 Å². The predicted molar refractivity (Wildman–Crippen MR) is 220 cm³/mol. The molecule has 0 amide bonds. The number of nitrogen functional groups attached to an aromatic ring is 1. The Morgan fingerprint density at radius 1 is 0.692 bits per heavy atom. The van der Waals surface area contributed by atoms with Crippen molar-refractivity contribution in [3.8, 4) is 22.3 Å². The van der Waals surface area contributed by atoms with Crippen LogP contribution in [-0.4, -0.2) is 10.7 Å². The highest BCUT2D eigenvalue weighted by Crippen LogP contribution is 2.53. The Hall–Kier alpha value is -5.80. The van der Waals surface area contributed by atoms with Crippen molar-refractivity contribution in [1.82, 2.24) is 4.98 Å². The van der Waals surface area contributed by atoms with Crippen molar-refractivity contribution in [3.63, 3.8) is 0 Å². The number of benzene rings is 4. The van der Waals surface area contributed by atoms with E-state index in [1.54, 1.807) is 6.20 Å². The maximum absolute atomic E-state index is 8.96. The van der Waals surface area contributed by atoms with Gasteiger partial charge in [-0.3, -0.25) is 10.4 Å². The van der Waals surface area contributed by atoms with Crippen LogP contribution < -0.4 is 5.73 Å². The second-order valence-corrected chi connectivity index (χ2v) is 15.6. The molecule has 0 radical (unpaired) electrons. The van der Waals surface area contributed by atoms with Crippen molar-refractivity contribution in [2.45, 2.75) is 51.9 Å². The Morgan fingerprint density at radius 2 is 1.37 bits per heavy atom. The third-order valence-corrected chi connectivity index (χ3v) is 11.4. The van der Waals surface area contributed by atoms with Crippen LogP contribution in [0.5, 0.6) is 0 Å². The minimum Gasteiger partial charge on any atom is -0.399 e. The van der Waals surface area contributed by atoms with Gasteiger partial charge in [-0.1, -0.05) is 120 Å². The van der Waals surface area contributed by atoms with E-state index in [0.717, 1.165) is 45.5 Å². The number of hydrogen-bond acceptors (Lipinski definition) is 3. The highest BCUT2D eigenvalue weighted by molar-refractivity contribution is 6.34. The fraction of sp³-hybridized carbons (Fsp3) is 0.184. The second kappa shape index (κ2) is 12.5. The fourth-order valence-corrected chi connectivity index (χ4v) is 8.45. The Morgan fingerprint density at radius 3 is 2.13 bits per heavy atom. The van der Waals surface area contributed by atoms with Crippen LogP contribution >= 0.6 is 0 Å². The summed E-state index contributed by atoms with van der Waals surface area (Å²) in [6.07, 6.45) is 13.9. The quantitative estimate of drug-likeness (QED) is 0.187. The largest absolute Gasteiger partial charge is 0.399 e. The molecule has 9 rings (SSSR count). The van der Waals surface area contributed by atoms with E-state index in [0.29, 0.717) is 11.6 Å². The molecule has 3 N–H and O–H groups in total. The van der Waals surface area contributed by atoms with E-state index >= 15 is 0 Å². The molecule has 0 aliphatic heterocycles. The zero-order chi connectivity index (χ0) is 36.4. The molecule has 1 aromatic heterocycles. The minimum atomic E-state index is -0.0450. The van der Waals surface area contributed by atoms with E-state index < -0.39 is 0 Å². The summed E-state index contributed by atoms with van der Waals surface area (Å²) in [5.41, 5.74) is 25.1. The lowest BCUT2D eigenvalue weighted by Crippen LogP contribution is -2.17. The molecule has 1 heterocycles. The van der Waals surface area contributed by atoms with Gasteiger partial charge in [-0.25, -0.2) is 0 Å². The number of aromatic nitrogens is 1. The van der Waals surface area contributed by atoms with Crippen molar-refractivity contribution >= 4 is 28.1 Å². The van der Waals surface area contributed by atoms with Crippen LogP contribution in [-0.2, 0) is 10.8 Å². The minimum absolute atomic E-state index is 0.0421. The maximum atomic E-state index is 8.96. The lowest BCUT2D eigenvalue weighted by Gasteiger charge is -2.26. The number of rotatable bonds is 3. The topological polar surface area (TPSA) is 62.8 Å². The third kappa shape index (κ3) is 5.52. The normalized spacial score (nSPS) is 18.8. The molecule has 3 heteroatoms. The van der Waals surface area contributed by atoms with Crippen LogP contribution in [0.25, 0.3) is 39.0 Å². The van der Waals surface area contributed by atoms with Gasteiger partial charge in [-0.2, -0.15) is 0 Å². The van der Waals surface area contributed by atoms with Crippen molar-refractivity contribution in [2.24, 2.45) is 5.92 Å². The molecule has 4 aliphatic rings. The van der Waals surface area contributed by atoms with E-state index in [9.17, 15) is 0 Å². The highest BCUT2D eigenvalue weighted by atomic mass is 14.6. The van der Waals surface area contributed by atoms with Gasteiger partial charge in [0.05, 0.1) is 5.71 Å². The van der Waals surface area contributed by atoms with Gasteiger partial charge in [0.15, 0.2) is 0 Å². The number of fused-ring (bicyclic) bond motifs is 6. The van der Waals surface area contributed by atoms with Gasteiger partial charge in [0.1, 0.15) is 0 Å². The van der Waals surface area contributed by atoms with E-state index in [2.05, 4.69) is 131 Å². The summed E-state index contributed by atoms with van der Waals surface area (Å²) in [5.74, 6) is 0.576. The second-order valence-electron chi connectivity index (χ2n) is 15.6. The molecule has 0 bridgehead atoms. The molecule has 5 aromatic rings. The number of allylic oxidation sites excluding steroid dienone is 9. The van der Waals surface area contributed by atoms with Crippen molar-refractivity contribution in [1.29, 1.82) is 5.41 Å². The summed E-state index contributed by atoms with van der Waals surface area (Å²) in [5, 5.41) is 8.96. The first-order valence-corrected chi connectivity index (χ1v) is 18.2. The molecule has 1 unspecified atom stereocenters. The highest BCUT2D eigenvalue weighted by Gasteiger charge is 2.40. The number of nitrogens with two attached hydrogens (primary N) is 1. The average molecular weight is 676 g/mol. The van der Waals surface area contributed by atoms with Crippen molar-refractivity contribution < 1.29 is 0 Å². The van der Waals surface area contributed by atoms with Crippen LogP contribution in [0.3, 0.4) is 0 Å². The monoisotopic (exact) mass is 675 g/mol. The SMILES string of the molecule is C=C1C=C(c2ccc3c(c2)C(C)(C)c2ccccc2-3)C=C(c2ccc3c(c2)C(C)(C)C2=CC(C)CC=C23)C1=N.Nc1ccc(-c2cccnc2)cc1. The van der Waals surface area contributed by atoms with Crippen LogP contribution in [0.4, 0.5) is 5.69 Å². The lowest BCUT2D eigenvalue weighted by atomic mass is 9.78. The number of anilines is 1. The first-order valence-electron chi connectivity index (χ1n) is 18.2. The fourth-order valence-electron chi connectivity index (χ4n) is 8.45. The molecule has 0 spiro atoms. The molecule has 4 aliphatic carbocycles. The molecule has 0 saturated carbocycles. The summed E-state index contributed by atoms with van der Waals surface area (Å²) in [6, 6.07) is 34.2. The van der Waals surface area contributed by atoms with Crippen molar-refractivity contribution in [3.05, 3.63) is 185 Å². The predicted octanol–water partition coefficient (Wildman–Crippen LogP) is 12.0. The molecule has 256 valence electrons. The van der Waals surface area contributed by atoms with Crippen LogP contribution in [0, 0.1) is 11.3 Å². The molecule has 52 heavy (non-hydrogen) atoms. The standard InChI is InChI=1S/C38H35N.C11H10N2/c1-22-11-14-28-30-16-13-25(21-35(30)38(5,6)33(28)17-22)31-19-26(18-23(2)36(31)39)24-12-15-29-27-9-7-8-10-32(27)37(3,4)34(29)20-24;12-11-5-3-9(4-6-11)10-2-1-7-13-8-10/h7-10,12-22,39H,2,11H2,1,3-6H3;1-8H,12H2. The van der Waals surface area contributed by atoms with E-state index in [-0.39, 0.29) is 10.8 Å². The summed E-state index contributed by atoms with van der Waals surface area (Å²) in [7, 11) is 0. The van der Waals surface area contributed by atoms with E-state index in [1.165, 1.54) is 50.1 Å². The summed E-state index contributed by atoms with van der Waals surface area (Å²) >= 11 is 0. The van der Waals surface area contributed by atoms with Crippen LogP contribution in [0.1, 0.15) is 74.4 Å².